The SMILES string of the molecule is OC(CNC1CC1)c1cc2cccc(F)c2o1. The number of hydrogen-bond donors (Lipinski definition) is 2. The fourth-order valence-electron chi connectivity index (χ4n) is 1.88. The van der Waals surface area contributed by atoms with E-state index >= 15 is 0 Å². The molecule has 0 saturated heterocycles. The molecule has 0 amide bonds. The van der Waals surface area contributed by atoms with Crippen LogP contribution in [0.3, 0.4) is 0 Å². The number of aliphatic hydroxyl groups is 1. The zero-order valence-corrected chi connectivity index (χ0v) is 9.32. The van der Waals surface area contributed by atoms with Crippen molar-refractivity contribution in [3.63, 3.8) is 0 Å². The van der Waals surface area contributed by atoms with Crippen LogP contribution in [0.5, 0.6) is 0 Å². The van der Waals surface area contributed by atoms with Gasteiger partial charge in [0, 0.05) is 18.0 Å². The van der Waals surface area contributed by atoms with Crippen LogP contribution in [0.1, 0.15) is 24.7 Å². The molecule has 2 N–H and O–H groups in total. The number of fused-ring (bicyclic) bond motifs is 1. The molecule has 0 spiro atoms. The first-order valence-electron chi connectivity index (χ1n) is 5.83. The molecule has 1 aliphatic rings. The van der Waals surface area contributed by atoms with Gasteiger partial charge in [-0.05, 0) is 25.0 Å². The molecule has 17 heavy (non-hydrogen) atoms. The van der Waals surface area contributed by atoms with E-state index in [0.29, 0.717) is 23.7 Å². The maximum absolute atomic E-state index is 13.4. The summed E-state index contributed by atoms with van der Waals surface area (Å²) in [7, 11) is 0. The second kappa shape index (κ2) is 4.13. The molecule has 0 radical (unpaired) electrons. The molecular formula is C13H14FNO2. The summed E-state index contributed by atoms with van der Waals surface area (Å²) in [4.78, 5) is 0. The van der Waals surface area contributed by atoms with Crippen molar-refractivity contribution in [3.8, 4) is 0 Å². The lowest BCUT2D eigenvalue weighted by Crippen LogP contribution is -2.22. The molecule has 2 aromatic rings. The van der Waals surface area contributed by atoms with Crippen molar-refractivity contribution in [1.82, 2.24) is 5.32 Å². The minimum Gasteiger partial charge on any atom is -0.455 e. The highest BCUT2D eigenvalue weighted by Crippen LogP contribution is 2.26. The number of hydrogen-bond acceptors (Lipinski definition) is 3. The van der Waals surface area contributed by atoms with E-state index in [2.05, 4.69) is 5.32 Å². The Hall–Kier alpha value is -1.39. The molecular weight excluding hydrogens is 221 g/mol. The third-order valence-electron chi connectivity index (χ3n) is 3.02. The summed E-state index contributed by atoms with van der Waals surface area (Å²) < 4.78 is 18.7. The van der Waals surface area contributed by atoms with Crippen LogP contribution < -0.4 is 5.32 Å². The number of halogens is 1. The summed E-state index contributed by atoms with van der Waals surface area (Å²) in [6.07, 6.45) is 1.62. The van der Waals surface area contributed by atoms with Gasteiger partial charge in [0.2, 0.25) is 0 Å². The van der Waals surface area contributed by atoms with Gasteiger partial charge in [-0.25, -0.2) is 4.39 Å². The van der Waals surface area contributed by atoms with E-state index in [0.717, 1.165) is 0 Å². The molecule has 3 nitrogen and oxygen atoms in total. The number of para-hydroxylation sites is 1. The topological polar surface area (TPSA) is 45.4 Å². The Labute approximate surface area is 98.2 Å². The Bertz CT molecular complexity index is 533. The third-order valence-corrected chi connectivity index (χ3v) is 3.02. The third kappa shape index (κ3) is 2.18. The molecule has 90 valence electrons. The Morgan fingerprint density at radius 1 is 1.47 bits per heavy atom. The highest BCUT2D eigenvalue weighted by atomic mass is 19.1. The van der Waals surface area contributed by atoms with Crippen molar-refractivity contribution in [2.45, 2.75) is 25.0 Å². The quantitative estimate of drug-likeness (QED) is 0.855. The Kier molecular flexibility index (Phi) is 2.61. The molecule has 1 aromatic heterocycles. The molecule has 1 saturated carbocycles. The van der Waals surface area contributed by atoms with Gasteiger partial charge in [-0.2, -0.15) is 0 Å². The normalized spacial score (nSPS) is 17.5. The van der Waals surface area contributed by atoms with Crippen molar-refractivity contribution in [3.05, 3.63) is 35.8 Å². The molecule has 1 heterocycles. The first-order valence-corrected chi connectivity index (χ1v) is 5.83. The summed E-state index contributed by atoms with van der Waals surface area (Å²) in [6.45, 7) is 0.451. The minimum absolute atomic E-state index is 0.216. The smallest absolute Gasteiger partial charge is 0.170 e. The molecule has 3 rings (SSSR count). The summed E-state index contributed by atoms with van der Waals surface area (Å²) in [5, 5.41) is 13.8. The molecule has 1 fully saturated rings. The number of aliphatic hydroxyl groups excluding tert-OH is 1. The first-order chi connectivity index (χ1) is 8.24. The van der Waals surface area contributed by atoms with Gasteiger partial charge in [-0.1, -0.05) is 12.1 Å². The van der Waals surface area contributed by atoms with Gasteiger partial charge in [-0.3, -0.25) is 0 Å². The summed E-state index contributed by atoms with van der Waals surface area (Å²) >= 11 is 0. The van der Waals surface area contributed by atoms with E-state index in [-0.39, 0.29) is 5.58 Å². The second-order valence-corrected chi connectivity index (χ2v) is 4.51. The van der Waals surface area contributed by atoms with E-state index in [9.17, 15) is 9.50 Å². The van der Waals surface area contributed by atoms with Crippen molar-refractivity contribution < 1.29 is 13.9 Å². The van der Waals surface area contributed by atoms with Crippen molar-refractivity contribution in [1.29, 1.82) is 0 Å². The van der Waals surface area contributed by atoms with Crippen LogP contribution in [0.2, 0.25) is 0 Å². The van der Waals surface area contributed by atoms with Gasteiger partial charge in [0.25, 0.3) is 0 Å². The molecule has 1 unspecified atom stereocenters. The van der Waals surface area contributed by atoms with Gasteiger partial charge in [0.1, 0.15) is 11.9 Å². The van der Waals surface area contributed by atoms with Gasteiger partial charge in [0.15, 0.2) is 11.4 Å². The average Bonchev–Trinajstić information content (AvgIpc) is 3.04. The van der Waals surface area contributed by atoms with Crippen molar-refractivity contribution in [2.24, 2.45) is 0 Å². The number of rotatable bonds is 4. The molecule has 0 bridgehead atoms. The van der Waals surface area contributed by atoms with Gasteiger partial charge in [0.05, 0.1) is 0 Å². The van der Waals surface area contributed by atoms with Crippen LogP contribution >= 0.6 is 0 Å². The first kappa shape index (κ1) is 10.7. The largest absolute Gasteiger partial charge is 0.455 e. The lowest BCUT2D eigenvalue weighted by Gasteiger charge is -2.07. The lowest BCUT2D eigenvalue weighted by atomic mass is 10.2. The Morgan fingerprint density at radius 3 is 3.00 bits per heavy atom. The number of furan rings is 1. The molecule has 4 heteroatoms. The standard InChI is InChI=1S/C13H14FNO2/c14-10-3-1-2-8-6-12(17-13(8)10)11(16)7-15-9-4-5-9/h1-3,6,9,11,15-16H,4-5,7H2. The zero-order valence-electron chi connectivity index (χ0n) is 9.32. The van der Waals surface area contributed by atoms with Crippen LogP contribution in [0.25, 0.3) is 11.0 Å². The van der Waals surface area contributed by atoms with Crippen LogP contribution in [0, 0.1) is 5.82 Å². The van der Waals surface area contributed by atoms with E-state index < -0.39 is 11.9 Å². The van der Waals surface area contributed by atoms with E-state index in [4.69, 9.17) is 4.42 Å². The summed E-state index contributed by atoms with van der Waals surface area (Å²) in [6, 6.07) is 6.98. The highest BCUT2D eigenvalue weighted by Gasteiger charge is 2.23. The van der Waals surface area contributed by atoms with Gasteiger partial charge >= 0.3 is 0 Å². The van der Waals surface area contributed by atoms with Crippen molar-refractivity contribution >= 4 is 11.0 Å². The van der Waals surface area contributed by atoms with Crippen LogP contribution in [-0.4, -0.2) is 17.7 Å². The second-order valence-electron chi connectivity index (χ2n) is 4.51. The average molecular weight is 235 g/mol. The summed E-state index contributed by atoms with van der Waals surface area (Å²) in [5.41, 5.74) is 0.216. The fourth-order valence-corrected chi connectivity index (χ4v) is 1.88. The monoisotopic (exact) mass is 235 g/mol. The summed E-state index contributed by atoms with van der Waals surface area (Å²) in [5.74, 6) is 0.0225. The van der Waals surface area contributed by atoms with E-state index in [1.807, 2.05) is 0 Å². The maximum Gasteiger partial charge on any atom is 0.170 e. The Balaban J connectivity index is 1.81. The van der Waals surface area contributed by atoms with E-state index in [1.165, 1.54) is 18.9 Å². The van der Waals surface area contributed by atoms with Crippen LogP contribution in [-0.2, 0) is 0 Å². The Morgan fingerprint density at radius 2 is 2.29 bits per heavy atom. The lowest BCUT2D eigenvalue weighted by molar-refractivity contribution is 0.149. The zero-order chi connectivity index (χ0) is 11.8. The van der Waals surface area contributed by atoms with Crippen LogP contribution in [0.4, 0.5) is 4.39 Å². The molecule has 1 aliphatic carbocycles. The predicted molar refractivity (Wildman–Crippen MR) is 62.2 cm³/mol. The fraction of sp³-hybridized carbons (Fsp3) is 0.385. The van der Waals surface area contributed by atoms with E-state index in [1.54, 1.807) is 18.2 Å². The number of nitrogens with one attached hydrogen (secondary N) is 1. The predicted octanol–water partition coefficient (Wildman–Crippen LogP) is 2.36. The van der Waals surface area contributed by atoms with Gasteiger partial charge < -0.3 is 14.8 Å². The highest BCUT2D eigenvalue weighted by molar-refractivity contribution is 5.78. The molecule has 0 aliphatic heterocycles. The molecule has 1 aromatic carbocycles. The minimum atomic E-state index is -0.720. The maximum atomic E-state index is 13.4. The van der Waals surface area contributed by atoms with Crippen LogP contribution in [0.15, 0.2) is 28.7 Å². The van der Waals surface area contributed by atoms with Crippen molar-refractivity contribution in [2.75, 3.05) is 6.54 Å². The van der Waals surface area contributed by atoms with Gasteiger partial charge in [-0.15, -0.1) is 0 Å². The number of benzene rings is 1. The molecule has 1 atom stereocenters.